The molecular weight excluding hydrogens is 788 g/mol. The van der Waals surface area contributed by atoms with E-state index in [1.807, 2.05) is 72.8 Å². The predicted octanol–water partition coefficient (Wildman–Crippen LogP) is 9.21. The number of hydrogen-bond donors (Lipinski definition) is 5. The summed E-state index contributed by atoms with van der Waals surface area (Å²) in [6, 6.07) is 39.1. The number of amides is 2. The van der Waals surface area contributed by atoms with Crippen molar-refractivity contribution < 1.29 is 29.3 Å². The summed E-state index contributed by atoms with van der Waals surface area (Å²) in [5.74, 6) is -0.0392. The average molecular weight is 845 g/mol. The van der Waals surface area contributed by atoms with Gasteiger partial charge in [-0.15, -0.1) is 0 Å². The number of halogens is 1. The number of anilines is 2. The monoisotopic (exact) mass is 844 g/mol. The molecule has 5 aromatic carbocycles. The molecule has 6 N–H and O–H groups in total. The van der Waals surface area contributed by atoms with Crippen LogP contribution in [0, 0.1) is 0 Å². The van der Waals surface area contributed by atoms with E-state index in [0.29, 0.717) is 55.0 Å². The van der Waals surface area contributed by atoms with Crippen LogP contribution in [0.1, 0.15) is 98.0 Å². The van der Waals surface area contributed by atoms with Crippen LogP contribution in [0.4, 0.5) is 11.4 Å². The van der Waals surface area contributed by atoms with Crippen LogP contribution in [0.15, 0.2) is 121 Å². The molecule has 7 rings (SSSR count). The van der Waals surface area contributed by atoms with Gasteiger partial charge in [0.15, 0.2) is 6.29 Å². The van der Waals surface area contributed by atoms with Crippen LogP contribution in [0.25, 0.3) is 11.1 Å². The Balaban J connectivity index is 0.900. The molecule has 0 radical (unpaired) electrons. The molecule has 0 spiro atoms. The van der Waals surface area contributed by atoms with Crippen molar-refractivity contribution in [1.82, 2.24) is 10.2 Å². The summed E-state index contributed by atoms with van der Waals surface area (Å²) < 4.78 is 13.3. The van der Waals surface area contributed by atoms with Crippen LogP contribution in [-0.2, 0) is 37.8 Å². The highest BCUT2D eigenvalue weighted by molar-refractivity contribution is 6.30. The van der Waals surface area contributed by atoms with Gasteiger partial charge in [0.05, 0.1) is 35.8 Å². The Bertz CT molecular complexity index is 2190. The molecule has 2 saturated heterocycles. The Kier molecular flexibility index (Phi) is 15.2. The molecule has 0 saturated carbocycles. The molecular formula is C50H57ClN4O6. The SMILES string of the molecule is Nc1ccccc1NC(=O)CCCCCCC(=O)NCc1cccc(-c2ccc([C@H]3O[C@@H](CN4CCC(O)(c5ccc(Cl)cc5)CC4)C[C@@H](c4ccc(CO)cc4)O3)cc2)c1. The van der Waals surface area contributed by atoms with Gasteiger partial charge in [0.1, 0.15) is 0 Å². The quantitative estimate of drug-likeness (QED) is 0.0460. The number of para-hydroxylation sites is 2. The Morgan fingerprint density at radius 1 is 0.754 bits per heavy atom. The number of aliphatic hydroxyl groups is 2. The second-order valence-electron chi connectivity index (χ2n) is 16.3. The first-order valence-corrected chi connectivity index (χ1v) is 21.8. The molecule has 61 heavy (non-hydrogen) atoms. The maximum absolute atomic E-state index is 12.7. The smallest absolute Gasteiger partial charge is 0.224 e. The van der Waals surface area contributed by atoms with E-state index in [2.05, 4.69) is 51.9 Å². The highest BCUT2D eigenvalue weighted by atomic mass is 35.5. The molecule has 5 aromatic rings. The van der Waals surface area contributed by atoms with Gasteiger partial charge in [0, 0.05) is 56.0 Å². The summed E-state index contributed by atoms with van der Waals surface area (Å²) in [7, 11) is 0. The minimum absolute atomic E-state index is 0.0141. The Morgan fingerprint density at radius 2 is 1.44 bits per heavy atom. The minimum atomic E-state index is -0.879. The molecule has 2 amide bonds. The van der Waals surface area contributed by atoms with Gasteiger partial charge in [-0.25, -0.2) is 0 Å². The standard InChI is InChI=1S/C50H57ClN4O6/c51-42-24-22-41(23-25-42)50(59)26-28-55(29-27-50)33-43-31-46(38-16-14-35(34-56)15-17-38)61-49(60-43)39-20-18-37(19-21-39)40-9-7-8-36(30-40)32-53-47(57)12-3-1-2-4-13-48(58)54-45-11-6-5-10-44(45)52/h5-11,14-25,30,43,46,49,56,59H,1-4,12-13,26-29,31-34,52H2,(H,53,57)(H,54,58)/t43-,46+,49+/m1/s1. The van der Waals surface area contributed by atoms with Gasteiger partial charge in [-0.1, -0.05) is 115 Å². The van der Waals surface area contributed by atoms with E-state index in [9.17, 15) is 19.8 Å². The second-order valence-corrected chi connectivity index (χ2v) is 16.8. The number of nitrogens with one attached hydrogen (secondary N) is 2. The fourth-order valence-electron chi connectivity index (χ4n) is 8.21. The topological polar surface area (TPSA) is 146 Å². The summed E-state index contributed by atoms with van der Waals surface area (Å²) >= 11 is 6.11. The molecule has 0 aromatic heterocycles. The Morgan fingerprint density at radius 3 is 2.15 bits per heavy atom. The zero-order valence-electron chi connectivity index (χ0n) is 34.6. The van der Waals surface area contributed by atoms with Crippen LogP contribution in [0.3, 0.4) is 0 Å². The fourth-order valence-corrected chi connectivity index (χ4v) is 8.33. The minimum Gasteiger partial charge on any atom is -0.397 e. The van der Waals surface area contributed by atoms with Crippen LogP contribution in [0.5, 0.6) is 0 Å². The number of rotatable bonds is 17. The average Bonchev–Trinajstić information content (AvgIpc) is 3.28. The lowest BCUT2D eigenvalue weighted by Crippen LogP contribution is -2.46. The Hall–Kier alpha value is -5.07. The normalized spacial score (nSPS) is 19.0. The predicted molar refractivity (Wildman–Crippen MR) is 240 cm³/mol. The summed E-state index contributed by atoms with van der Waals surface area (Å²) in [6.07, 6.45) is 5.20. The molecule has 2 heterocycles. The second kappa shape index (κ2) is 21.1. The fraction of sp³-hybridized carbons (Fsp3) is 0.360. The van der Waals surface area contributed by atoms with E-state index in [4.69, 9.17) is 26.8 Å². The lowest BCUT2D eigenvalue weighted by Gasteiger charge is -2.42. The first-order valence-electron chi connectivity index (χ1n) is 21.5. The maximum atomic E-state index is 12.7. The summed E-state index contributed by atoms with van der Waals surface area (Å²) in [5.41, 5.74) is 13.0. The van der Waals surface area contributed by atoms with Crippen molar-refractivity contribution in [3.8, 4) is 11.1 Å². The third kappa shape index (κ3) is 12.3. The first-order chi connectivity index (χ1) is 29.6. The number of piperidine rings is 1. The highest BCUT2D eigenvalue weighted by Crippen LogP contribution is 2.40. The number of ether oxygens (including phenoxy) is 2. The number of nitrogen functional groups attached to an aromatic ring is 1. The summed E-state index contributed by atoms with van der Waals surface area (Å²) in [5, 5.41) is 27.7. The summed E-state index contributed by atoms with van der Waals surface area (Å²) in [4.78, 5) is 27.3. The van der Waals surface area contributed by atoms with Crippen molar-refractivity contribution in [1.29, 1.82) is 0 Å². The molecule has 0 aliphatic carbocycles. The van der Waals surface area contributed by atoms with E-state index in [1.54, 1.807) is 12.1 Å². The number of carbonyl (C=O) groups is 2. The van der Waals surface area contributed by atoms with E-state index in [1.165, 1.54) is 0 Å². The van der Waals surface area contributed by atoms with Crippen molar-refractivity contribution in [3.63, 3.8) is 0 Å². The maximum Gasteiger partial charge on any atom is 0.224 e. The molecule has 2 aliphatic heterocycles. The molecule has 3 atom stereocenters. The van der Waals surface area contributed by atoms with Crippen molar-refractivity contribution in [3.05, 3.63) is 154 Å². The van der Waals surface area contributed by atoms with Crippen LogP contribution in [-0.4, -0.2) is 52.7 Å². The van der Waals surface area contributed by atoms with Gasteiger partial charge in [0.25, 0.3) is 0 Å². The molecule has 10 nitrogen and oxygen atoms in total. The van der Waals surface area contributed by atoms with Gasteiger partial charge in [-0.2, -0.15) is 0 Å². The van der Waals surface area contributed by atoms with E-state index < -0.39 is 11.9 Å². The molecule has 2 fully saturated rings. The zero-order chi connectivity index (χ0) is 42.6. The third-order valence-electron chi connectivity index (χ3n) is 11.9. The molecule has 11 heteroatoms. The Labute approximate surface area is 364 Å². The molecule has 0 unspecified atom stereocenters. The lowest BCUT2D eigenvalue weighted by molar-refractivity contribution is -0.253. The van der Waals surface area contributed by atoms with Crippen molar-refractivity contribution in [2.75, 3.05) is 30.7 Å². The zero-order valence-corrected chi connectivity index (χ0v) is 35.4. The summed E-state index contributed by atoms with van der Waals surface area (Å²) in [6.45, 7) is 2.63. The third-order valence-corrected chi connectivity index (χ3v) is 12.1. The number of likely N-dealkylation sites (tertiary alicyclic amines) is 1. The van der Waals surface area contributed by atoms with Crippen molar-refractivity contribution in [2.45, 2.75) is 95.0 Å². The van der Waals surface area contributed by atoms with Crippen molar-refractivity contribution in [2.24, 2.45) is 0 Å². The van der Waals surface area contributed by atoms with E-state index in [0.717, 1.165) is 84.3 Å². The number of nitrogens with two attached hydrogens (primary N) is 1. The first kappa shape index (κ1) is 44.0. The largest absolute Gasteiger partial charge is 0.397 e. The molecule has 0 bridgehead atoms. The molecule has 2 aliphatic rings. The molecule has 320 valence electrons. The number of nitrogens with zero attached hydrogens (tertiary/aromatic N) is 1. The number of benzene rings is 5. The number of hydrogen-bond acceptors (Lipinski definition) is 8. The highest BCUT2D eigenvalue weighted by Gasteiger charge is 2.37. The van der Waals surface area contributed by atoms with Crippen molar-refractivity contribution >= 4 is 34.8 Å². The van der Waals surface area contributed by atoms with Gasteiger partial charge in [0.2, 0.25) is 11.8 Å². The van der Waals surface area contributed by atoms with E-state index in [-0.39, 0.29) is 30.6 Å². The lowest BCUT2D eigenvalue weighted by atomic mass is 9.84. The van der Waals surface area contributed by atoms with E-state index >= 15 is 0 Å². The van der Waals surface area contributed by atoms with Crippen LogP contribution < -0.4 is 16.4 Å². The van der Waals surface area contributed by atoms with Gasteiger partial charge in [-0.3, -0.25) is 9.59 Å². The number of carbonyl (C=O) groups excluding carboxylic acids is 2. The van der Waals surface area contributed by atoms with Crippen LogP contribution >= 0.6 is 11.6 Å². The van der Waals surface area contributed by atoms with Gasteiger partial charge in [-0.05, 0) is 89.4 Å². The van der Waals surface area contributed by atoms with Gasteiger partial charge >= 0.3 is 0 Å². The van der Waals surface area contributed by atoms with Crippen LogP contribution in [0.2, 0.25) is 5.02 Å². The van der Waals surface area contributed by atoms with Gasteiger partial charge < -0.3 is 41.0 Å². The number of unbranched alkanes of at least 4 members (excludes halogenated alkanes) is 3. The number of aliphatic hydroxyl groups excluding tert-OH is 1.